The van der Waals surface area contributed by atoms with E-state index in [4.69, 9.17) is 10.5 Å². The fourth-order valence-corrected chi connectivity index (χ4v) is 1.69. The first-order valence-electron chi connectivity index (χ1n) is 5.72. The summed E-state index contributed by atoms with van der Waals surface area (Å²) >= 11 is 0. The molecule has 1 atom stereocenters. The van der Waals surface area contributed by atoms with Crippen molar-refractivity contribution >= 4 is 0 Å². The molecule has 2 rings (SSSR count). The molecule has 2 N–H and O–H groups in total. The van der Waals surface area contributed by atoms with Crippen LogP contribution in [0.5, 0.6) is 11.5 Å². The first kappa shape index (κ1) is 12.5. The van der Waals surface area contributed by atoms with E-state index in [0.717, 1.165) is 5.69 Å². The summed E-state index contributed by atoms with van der Waals surface area (Å²) in [6, 6.07) is 7.86. The molecule has 18 heavy (non-hydrogen) atoms. The lowest BCUT2D eigenvalue weighted by Crippen LogP contribution is -2.09. The van der Waals surface area contributed by atoms with Crippen LogP contribution in [0.4, 0.5) is 4.39 Å². The molecule has 0 spiro atoms. The van der Waals surface area contributed by atoms with Crippen molar-refractivity contribution in [2.75, 3.05) is 0 Å². The SMILES string of the molecule is Cc1ccc(Oc2cccc(F)c2[C@H](C)N)cn1. The van der Waals surface area contributed by atoms with Gasteiger partial charge < -0.3 is 10.5 Å². The molecule has 1 aromatic carbocycles. The minimum atomic E-state index is -0.431. The molecule has 0 saturated heterocycles. The lowest BCUT2D eigenvalue weighted by molar-refractivity contribution is 0.458. The Kier molecular flexibility index (Phi) is 3.58. The van der Waals surface area contributed by atoms with Gasteiger partial charge in [-0.3, -0.25) is 4.98 Å². The van der Waals surface area contributed by atoms with Crippen molar-refractivity contribution in [2.45, 2.75) is 19.9 Å². The second-order valence-corrected chi connectivity index (χ2v) is 4.18. The van der Waals surface area contributed by atoms with Crippen molar-refractivity contribution in [2.24, 2.45) is 5.73 Å². The summed E-state index contributed by atoms with van der Waals surface area (Å²) < 4.78 is 19.3. The Morgan fingerprint density at radius 3 is 2.67 bits per heavy atom. The van der Waals surface area contributed by atoms with Crippen LogP contribution >= 0.6 is 0 Å². The van der Waals surface area contributed by atoms with Crippen LogP contribution in [0, 0.1) is 12.7 Å². The van der Waals surface area contributed by atoms with Gasteiger partial charge in [-0.25, -0.2) is 4.39 Å². The summed E-state index contributed by atoms with van der Waals surface area (Å²) in [6.07, 6.45) is 1.60. The molecule has 0 saturated carbocycles. The topological polar surface area (TPSA) is 48.1 Å². The van der Waals surface area contributed by atoms with E-state index in [0.29, 0.717) is 17.1 Å². The molecule has 94 valence electrons. The molecule has 0 aliphatic rings. The monoisotopic (exact) mass is 246 g/mol. The van der Waals surface area contributed by atoms with Gasteiger partial charge in [0.1, 0.15) is 17.3 Å². The van der Waals surface area contributed by atoms with Gasteiger partial charge in [0.15, 0.2) is 0 Å². The van der Waals surface area contributed by atoms with E-state index >= 15 is 0 Å². The number of aromatic nitrogens is 1. The highest BCUT2D eigenvalue weighted by Crippen LogP contribution is 2.30. The van der Waals surface area contributed by atoms with Crippen molar-refractivity contribution in [1.82, 2.24) is 4.98 Å². The first-order chi connectivity index (χ1) is 8.58. The normalized spacial score (nSPS) is 12.2. The first-order valence-corrected chi connectivity index (χ1v) is 5.72. The van der Waals surface area contributed by atoms with Crippen molar-refractivity contribution < 1.29 is 9.13 Å². The van der Waals surface area contributed by atoms with Crippen LogP contribution in [0.2, 0.25) is 0 Å². The van der Waals surface area contributed by atoms with Crippen LogP contribution in [0.25, 0.3) is 0 Å². The third-order valence-corrected chi connectivity index (χ3v) is 2.58. The maximum atomic E-state index is 13.7. The van der Waals surface area contributed by atoms with Gasteiger partial charge in [0.05, 0.1) is 6.20 Å². The molecule has 0 amide bonds. The molecule has 0 radical (unpaired) electrons. The van der Waals surface area contributed by atoms with Gasteiger partial charge in [0.2, 0.25) is 0 Å². The predicted molar refractivity (Wildman–Crippen MR) is 68.1 cm³/mol. The van der Waals surface area contributed by atoms with E-state index < -0.39 is 6.04 Å². The molecule has 3 nitrogen and oxygen atoms in total. The predicted octanol–water partition coefficient (Wildman–Crippen LogP) is 3.34. The number of hydrogen-bond donors (Lipinski definition) is 1. The lowest BCUT2D eigenvalue weighted by Gasteiger charge is -2.14. The fraction of sp³-hybridized carbons (Fsp3) is 0.214. The van der Waals surface area contributed by atoms with E-state index in [-0.39, 0.29) is 5.82 Å². The lowest BCUT2D eigenvalue weighted by atomic mass is 10.1. The Labute approximate surface area is 105 Å². The van der Waals surface area contributed by atoms with Crippen molar-refractivity contribution in [1.29, 1.82) is 0 Å². The molecule has 1 heterocycles. The average molecular weight is 246 g/mol. The molecular weight excluding hydrogens is 231 g/mol. The zero-order valence-electron chi connectivity index (χ0n) is 10.4. The summed E-state index contributed by atoms with van der Waals surface area (Å²) in [7, 11) is 0. The van der Waals surface area contributed by atoms with E-state index in [9.17, 15) is 4.39 Å². The van der Waals surface area contributed by atoms with E-state index in [1.54, 1.807) is 31.3 Å². The van der Waals surface area contributed by atoms with Crippen LogP contribution in [0.15, 0.2) is 36.5 Å². The zero-order chi connectivity index (χ0) is 13.1. The third-order valence-electron chi connectivity index (χ3n) is 2.58. The quantitative estimate of drug-likeness (QED) is 0.903. The number of rotatable bonds is 3. The largest absolute Gasteiger partial charge is 0.455 e. The number of pyridine rings is 1. The third kappa shape index (κ3) is 2.65. The van der Waals surface area contributed by atoms with E-state index in [2.05, 4.69) is 4.98 Å². The van der Waals surface area contributed by atoms with Gasteiger partial charge in [-0.15, -0.1) is 0 Å². The molecule has 4 heteroatoms. The van der Waals surface area contributed by atoms with Gasteiger partial charge in [-0.2, -0.15) is 0 Å². The highest BCUT2D eigenvalue weighted by atomic mass is 19.1. The summed E-state index contributed by atoms with van der Waals surface area (Å²) in [4.78, 5) is 4.12. The van der Waals surface area contributed by atoms with E-state index in [1.807, 2.05) is 13.0 Å². The molecule has 0 aliphatic carbocycles. The Balaban J connectivity index is 2.34. The summed E-state index contributed by atoms with van der Waals surface area (Å²) in [5, 5.41) is 0. The number of hydrogen-bond acceptors (Lipinski definition) is 3. The number of halogens is 1. The Hall–Kier alpha value is -1.94. The van der Waals surface area contributed by atoms with Gasteiger partial charge in [-0.1, -0.05) is 6.07 Å². The second kappa shape index (κ2) is 5.14. The Morgan fingerprint density at radius 1 is 1.28 bits per heavy atom. The van der Waals surface area contributed by atoms with Gasteiger partial charge in [-0.05, 0) is 38.1 Å². The van der Waals surface area contributed by atoms with Gasteiger partial charge >= 0.3 is 0 Å². The summed E-state index contributed by atoms with van der Waals surface area (Å²) in [5.41, 5.74) is 7.03. The van der Waals surface area contributed by atoms with Crippen molar-refractivity contribution in [3.8, 4) is 11.5 Å². The minimum Gasteiger partial charge on any atom is -0.455 e. The Morgan fingerprint density at radius 2 is 2.06 bits per heavy atom. The molecule has 0 fully saturated rings. The highest BCUT2D eigenvalue weighted by Gasteiger charge is 2.14. The van der Waals surface area contributed by atoms with Crippen LogP contribution in [-0.4, -0.2) is 4.98 Å². The van der Waals surface area contributed by atoms with Crippen LogP contribution < -0.4 is 10.5 Å². The summed E-state index contributed by atoms with van der Waals surface area (Å²) in [6.45, 7) is 3.61. The average Bonchev–Trinajstić information content (AvgIpc) is 2.32. The summed E-state index contributed by atoms with van der Waals surface area (Å²) in [5.74, 6) is 0.631. The van der Waals surface area contributed by atoms with Crippen LogP contribution in [0.1, 0.15) is 24.2 Å². The smallest absolute Gasteiger partial charge is 0.145 e. The van der Waals surface area contributed by atoms with Crippen LogP contribution in [-0.2, 0) is 0 Å². The molecule has 0 unspecified atom stereocenters. The number of aryl methyl sites for hydroxylation is 1. The number of nitrogens with zero attached hydrogens (tertiary/aromatic N) is 1. The van der Waals surface area contributed by atoms with Crippen molar-refractivity contribution in [3.63, 3.8) is 0 Å². The molecule has 1 aromatic heterocycles. The highest BCUT2D eigenvalue weighted by molar-refractivity contribution is 5.39. The standard InChI is InChI=1S/C14H15FN2O/c1-9-6-7-11(8-17-9)18-13-5-3-4-12(15)14(13)10(2)16/h3-8,10H,16H2,1-2H3/t10-/m0/s1. The van der Waals surface area contributed by atoms with Gasteiger partial charge in [0, 0.05) is 17.3 Å². The number of ether oxygens (including phenoxy) is 1. The van der Waals surface area contributed by atoms with Gasteiger partial charge in [0.25, 0.3) is 0 Å². The Bertz CT molecular complexity index is 538. The van der Waals surface area contributed by atoms with Crippen molar-refractivity contribution in [3.05, 3.63) is 53.6 Å². The second-order valence-electron chi connectivity index (χ2n) is 4.18. The van der Waals surface area contributed by atoms with E-state index in [1.165, 1.54) is 6.07 Å². The molecule has 0 bridgehead atoms. The maximum Gasteiger partial charge on any atom is 0.145 e. The minimum absolute atomic E-state index is 0.359. The number of benzene rings is 1. The maximum absolute atomic E-state index is 13.7. The number of nitrogens with two attached hydrogens (primary N) is 1. The van der Waals surface area contributed by atoms with Crippen LogP contribution in [0.3, 0.4) is 0 Å². The fourth-order valence-electron chi connectivity index (χ4n) is 1.69. The molecule has 0 aliphatic heterocycles. The molecule has 2 aromatic rings. The zero-order valence-corrected chi connectivity index (χ0v) is 10.4. The molecular formula is C14H15FN2O.